The maximum absolute atomic E-state index is 7.88. The van der Waals surface area contributed by atoms with Gasteiger partial charge in [0.25, 0.3) is 0 Å². The van der Waals surface area contributed by atoms with E-state index in [4.69, 9.17) is 15.9 Å². The van der Waals surface area contributed by atoms with Crippen molar-refractivity contribution in [2.75, 3.05) is 69.0 Å². The molecule has 1 aromatic heterocycles. The first kappa shape index (κ1) is 24.1. The van der Waals surface area contributed by atoms with Crippen molar-refractivity contribution in [3.05, 3.63) is 41.0 Å². The van der Waals surface area contributed by atoms with Crippen LogP contribution in [-0.2, 0) is 17.7 Å². The van der Waals surface area contributed by atoms with E-state index in [2.05, 4.69) is 67.9 Å². The molecule has 2 aliphatic heterocycles. The van der Waals surface area contributed by atoms with Crippen molar-refractivity contribution in [3.63, 3.8) is 0 Å². The Morgan fingerprint density at radius 2 is 1.94 bits per heavy atom. The number of likely N-dealkylation sites (N-methyl/N-ethyl adjacent to an activating group) is 1. The fraction of sp³-hybridized carbons (Fsp3) is 0.520. The van der Waals surface area contributed by atoms with E-state index in [1.54, 1.807) is 7.11 Å². The molecule has 182 valence electrons. The predicted molar refractivity (Wildman–Crippen MR) is 139 cm³/mol. The Hall–Kier alpha value is -3.04. The van der Waals surface area contributed by atoms with Gasteiger partial charge in [-0.25, -0.2) is 0 Å². The van der Waals surface area contributed by atoms with Crippen LogP contribution in [0.25, 0.3) is 0 Å². The predicted octanol–water partition coefficient (Wildman–Crippen LogP) is 2.21. The van der Waals surface area contributed by atoms with E-state index in [1.165, 1.54) is 17.3 Å². The van der Waals surface area contributed by atoms with E-state index in [0.29, 0.717) is 25.1 Å². The molecule has 1 fully saturated rings. The molecule has 1 aromatic carbocycles. The lowest BCUT2D eigenvalue weighted by atomic mass is 9.90. The van der Waals surface area contributed by atoms with E-state index in [9.17, 15) is 0 Å². The molecule has 3 N–H and O–H groups in total. The van der Waals surface area contributed by atoms with Crippen molar-refractivity contribution in [2.45, 2.75) is 31.8 Å². The summed E-state index contributed by atoms with van der Waals surface area (Å²) in [4.78, 5) is 20.5. The Balaban J connectivity index is 1.56. The van der Waals surface area contributed by atoms with E-state index < -0.39 is 0 Å². The van der Waals surface area contributed by atoms with Crippen LogP contribution < -0.4 is 15.5 Å². The first-order valence-electron chi connectivity index (χ1n) is 11.9. The number of rotatable bonds is 8. The van der Waals surface area contributed by atoms with Crippen LogP contribution in [0.2, 0.25) is 0 Å². The molecule has 4 rings (SSSR count). The van der Waals surface area contributed by atoms with Crippen LogP contribution in [0.5, 0.6) is 0 Å². The van der Waals surface area contributed by atoms with Gasteiger partial charge in [0.05, 0.1) is 19.1 Å². The normalized spacial score (nSPS) is 19.9. The maximum atomic E-state index is 7.88. The number of aliphatic imine (C=N–C) groups is 1. The summed E-state index contributed by atoms with van der Waals surface area (Å²) in [6.07, 6.45) is 4.21. The fourth-order valence-corrected chi connectivity index (χ4v) is 4.62. The van der Waals surface area contributed by atoms with Gasteiger partial charge >= 0.3 is 0 Å². The Kier molecular flexibility index (Phi) is 7.74. The summed E-state index contributed by atoms with van der Waals surface area (Å²) in [6.45, 7) is 8.05. The standard InChI is InChI=1S/C25H36N8O/c1-18-12-19-4-5-20(22(15-26)16-28-6-11-34-3)13-21(19)17-33(18)24-14-23(29-25(27)30-24)32-9-7-31(2)8-10-32/h4-5,13-16,18,22,26H,6-12,17H2,1-3H3,(H2,27,29,30). The van der Waals surface area contributed by atoms with E-state index in [0.717, 1.165) is 56.3 Å². The topological polar surface area (TPSA) is 107 Å². The minimum atomic E-state index is -0.145. The quantitative estimate of drug-likeness (QED) is 0.456. The number of nitrogen functional groups attached to an aromatic ring is 1. The van der Waals surface area contributed by atoms with Crippen molar-refractivity contribution in [2.24, 2.45) is 4.99 Å². The third-order valence-corrected chi connectivity index (χ3v) is 6.71. The molecule has 0 radical (unpaired) electrons. The zero-order chi connectivity index (χ0) is 24.1. The second-order valence-electron chi connectivity index (χ2n) is 9.18. The van der Waals surface area contributed by atoms with Gasteiger partial charge in [-0.05, 0) is 37.1 Å². The van der Waals surface area contributed by atoms with Crippen LogP contribution >= 0.6 is 0 Å². The molecule has 2 unspecified atom stereocenters. The second-order valence-corrected chi connectivity index (χ2v) is 9.18. The summed E-state index contributed by atoms with van der Waals surface area (Å²) in [7, 11) is 3.81. The number of nitrogens with zero attached hydrogens (tertiary/aromatic N) is 6. The largest absolute Gasteiger partial charge is 0.383 e. The lowest BCUT2D eigenvalue weighted by molar-refractivity contribution is 0.208. The third kappa shape index (κ3) is 5.53. The number of benzene rings is 1. The smallest absolute Gasteiger partial charge is 0.223 e. The molecule has 0 aliphatic carbocycles. The molecule has 0 spiro atoms. The van der Waals surface area contributed by atoms with E-state index in [-0.39, 0.29) is 5.92 Å². The van der Waals surface area contributed by atoms with Gasteiger partial charge in [-0.1, -0.05) is 18.2 Å². The lowest BCUT2D eigenvalue weighted by Gasteiger charge is -2.37. The number of anilines is 3. The first-order valence-corrected chi connectivity index (χ1v) is 11.9. The maximum Gasteiger partial charge on any atom is 0.223 e. The molecule has 3 heterocycles. The molecule has 9 nitrogen and oxygen atoms in total. The highest BCUT2D eigenvalue weighted by molar-refractivity contribution is 5.89. The van der Waals surface area contributed by atoms with E-state index >= 15 is 0 Å². The second kappa shape index (κ2) is 10.9. The summed E-state index contributed by atoms with van der Waals surface area (Å²) in [5, 5.41) is 7.88. The fourth-order valence-electron chi connectivity index (χ4n) is 4.62. The number of hydrogen-bond donors (Lipinski definition) is 2. The number of piperazine rings is 1. The number of aromatic nitrogens is 2. The van der Waals surface area contributed by atoms with Crippen LogP contribution in [0.3, 0.4) is 0 Å². The zero-order valence-electron chi connectivity index (χ0n) is 20.4. The summed E-state index contributed by atoms with van der Waals surface area (Å²) < 4.78 is 5.06. The number of hydrogen-bond acceptors (Lipinski definition) is 9. The van der Waals surface area contributed by atoms with Gasteiger partial charge in [0.2, 0.25) is 5.95 Å². The van der Waals surface area contributed by atoms with Gasteiger partial charge in [-0.2, -0.15) is 9.97 Å². The molecular formula is C25H36N8O. The number of nitrogens with two attached hydrogens (primary N) is 1. The Morgan fingerprint density at radius 1 is 1.18 bits per heavy atom. The first-order chi connectivity index (χ1) is 16.5. The molecule has 9 heteroatoms. The Labute approximate surface area is 202 Å². The van der Waals surface area contributed by atoms with Gasteiger partial charge in [-0.3, -0.25) is 4.99 Å². The number of methoxy groups -OCH3 is 1. The molecular weight excluding hydrogens is 428 g/mol. The van der Waals surface area contributed by atoms with Crippen LogP contribution in [0, 0.1) is 5.41 Å². The highest BCUT2D eigenvalue weighted by atomic mass is 16.5. The summed E-state index contributed by atoms with van der Waals surface area (Å²) in [6, 6.07) is 8.89. The van der Waals surface area contributed by atoms with Crippen molar-refractivity contribution < 1.29 is 4.74 Å². The van der Waals surface area contributed by atoms with Crippen molar-refractivity contribution in [3.8, 4) is 0 Å². The molecule has 34 heavy (non-hydrogen) atoms. The summed E-state index contributed by atoms with van der Waals surface area (Å²) in [5.74, 6) is 1.94. The Morgan fingerprint density at radius 3 is 2.68 bits per heavy atom. The minimum absolute atomic E-state index is 0.145. The monoisotopic (exact) mass is 464 g/mol. The van der Waals surface area contributed by atoms with Gasteiger partial charge in [-0.15, -0.1) is 0 Å². The zero-order valence-corrected chi connectivity index (χ0v) is 20.4. The SMILES string of the molecule is COCCN=CC(C=N)c1ccc2c(c1)CN(c1cc(N3CCN(C)CC3)nc(N)n1)C(C)C2. The van der Waals surface area contributed by atoms with Crippen molar-refractivity contribution in [1.82, 2.24) is 14.9 Å². The molecule has 2 aromatic rings. The minimum Gasteiger partial charge on any atom is -0.383 e. The average molecular weight is 465 g/mol. The van der Waals surface area contributed by atoms with Gasteiger partial charge in [0.1, 0.15) is 11.6 Å². The van der Waals surface area contributed by atoms with Crippen LogP contribution in [-0.4, -0.2) is 86.8 Å². The third-order valence-electron chi connectivity index (χ3n) is 6.71. The molecule has 0 saturated carbocycles. The van der Waals surface area contributed by atoms with Gasteiger partial charge < -0.3 is 30.6 Å². The van der Waals surface area contributed by atoms with Gasteiger partial charge in [0.15, 0.2) is 0 Å². The number of ether oxygens (including phenoxy) is 1. The Bertz CT molecular complexity index is 1020. The van der Waals surface area contributed by atoms with Gasteiger partial charge in [0, 0.05) is 64.4 Å². The van der Waals surface area contributed by atoms with Crippen molar-refractivity contribution >= 4 is 30.0 Å². The number of fused-ring (bicyclic) bond motifs is 1. The number of nitrogens with one attached hydrogen (secondary N) is 1. The highest BCUT2D eigenvalue weighted by Gasteiger charge is 2.26. The van der Waals surface area contributed by atoms with Crippen LogP contribution in [0.4, 0.5) is 17.6 Å². The molecule has 0 amide bonds. The van der Waals surface area contributed by atoms with Crippen LogP contribution in [0.15, 0.2) is 29.3 Å². The summed E-state index contributed by atoms with van der Waals surface area (Å²) >= 11 is 0. The van der Waals surface area contributed by atoms with E-state index in [1.807, 2.05) is 6.21 Å². The summed E-state index contributed by atoms with van der Waals surface area (Å²) in [5.41, 5.74) is 9.83. The highest BCUT2D eigenvalue weighted by Crippen LogP contribution is 2.31. The van der Waals surface area contributed by atoms with Crippen LogP contribution in [0.1, 0.15) is 29.5 Å². The average Bonchev–Trinajstić information content (AvgIpc) is 2.83. The molecule has 2 aliphatic rings. The van der Waals surface area contributed by atoms with Crippen molar-refractivity contribution in [1.29, 1.82) is 5.41 Å². The molecule has 1 saturated heterocycles. The lowest BCUT2D eigenvalue weighted by Crippen LogP contribution is -2.45. The molecule has 0 bridgehead atoms. The molecule has 2 atom stereocenters.